The van der Waals surface area contributed by atoms with Gasteiger partial charge in [0.2, 0.25) is 0 Å². The predicted octanol–water partition coefficient (Wildman–Crippen LogP) is 4.38. The van der Waals surface area contributed by atoms with E-state index in [9.17, 15) is 17.6 Å². The Hall–Kier alpha value is -1.14. The van der Waals surface area contributed by atoms with Crippen molar-refractivity contribution in [2.45, 2.75) is 25.1 Å². The lowest BCUT2D eigenvalue weighted by Crippen LogP contribution is -2.14. The lowest BCUT2D eigenvalue weighted by molar-refractivity contribution is -0.136. The van der Waals surface area contributed by atoms with Crippen molar-refractivity contribution < 1.29 is 17.6 Å². The van der Waals surface area contributed by atoms with Crippen LogP contribution in [0.4, 0.5) is 17.6 Å². The summed E-state index contributed by atoms with van der Waals surface area (Å²) in [4.78, 5) is 0.653. The average molecular weight is 277 g/mol. The van der Waals surface area contributed by atoms with Crippen LogP contribution in [0, 0.1) is 5.82 Å². The maximum absolute atomic E-state index is 13.0. The van der Waals surface area contributed by atoms with E-state index in [0.29, 0.717) is 9.58 Å². The van der Waals surface area contributed by atoms with Gasteiger partial charge in [-0.25, -0.2) is 4.39 Å². The van der Waals surface area contributed by atoms with Crippen LogP contribution in [-0.2, 0) is 0 Å². The molecule has 1 atom stereocenters. The first-order valence-electron chi connectivity index (χ1n) is 5.36. The average Bonchev–Trinajstić information content (AvgIpc) is 2.67. The standard InChI is InChI=1S/C12H11F4NS/c13-8-2-1-7-5-11(18-10(7)6-8)9(17)3-4-12(14,15)16/h1-2,5-6,9H,3-4,17H2. The number of hydrogen-bond acceptors (Lipinski definition) is 2. The molecule has 1 unspecified atom stereocenters. The Labute approximate surface area is 105 Å². The van der Waals surface area contributed by atoms with Gasteiger partial charge >= 0.3 is 6.18 Å². The minimum atomic E-state index is -4.19. The van der Waals surface area contributed by atoms with Gasteiger partial charge in [-0.05, 0) is 30.0 Å². The smallest absolute Gasteiger partial charge is 0.323 e. The molecule has 0 spiro atoms. The van der Waals surface area contributed by atoms with Gasteiger partial charge in [-0.3, -0.25) is 0 Å². The number of benzene rings is 1. The second-order valence-corrected chi connectivity index (χ2v) is 5.21. The van der Waals surface area contributed by atoms with E-state index in [2.05, 4.69) is 0 Å². The van der Waals surface area contributed by atoms with E-state index < -0.39 is 18.6 Å². The summed E-state index contributed by atoms with van der Waals surface area (Å²) in [6.07, 6.45) is -5.25. The summed E-state index contributed by atoms with van der Waals surface area (Å²) in [5.74, 6) is -0.361. The second-order valence-electron chi connectivity index (χ2n) is 4.09. The van der Waals surface area contributed by atoms with E-state index in [0.717, 1.165) is 5.39 Å². The molecule has 0 radical (unpaired) electrons. The summed E-state index contributed by atoms with van der Waals surface area (Å²) in [5, 5.41) is 0.804. The highest BCUT2D eigenvalue weighted by molar-refractivity contribution is 7.19. The number of rotatable bonds is 3. The minimum absolute atomic E-state index is 0.154. The van der Waals surface area contributed by atoms with Gasteiger partial charge in [-0.2, -0.15) is 13.2 Å². The molecule has 0 aliphatic rings. The number of nitrogens with two attached hydrogens (primary N) is 1. The van der Waals surface area contributed by atoms with Crippen molar-refractivity contribution in [3.63, 3.8) is 0 Å². The topological polar surface area (TPSA) is 26.0 Å². The molecule has 0 saturated carbocycles. The molecule has 0 bridgehead atoms. The minimum Gasteiger partial charge on any atom is -0.323 e. The van der Waals surface area contributed by atoms with Gasteiger partial charge in [0, 0.05) is 22.0 Å². The highest BCUT2D eigenvalue weighted by Crippen LogP contribution is 2.33. The molecular formula is C12H11F4NS. The van der Waals surface area contributed by atoms with Gasteiger partial charge in [0.15, 0.2) is 0 Å². The SMILES string of the molecule is NC(CCC(F)(F)F)c1cc2ccc(F)cc2s1. The summed E-state index contributed by atoms with van der Waals surface area (Å²) in [5.41, 5.74) is 5.72. The van der Waals surface area contributed by atoms with Gasteiger partial charge in [-0.15, -0.1) is 11.3 Å². The third-order valence-electron chi connectivity index (χ3n) is 2.61. The van der Waals surface area contributed by atoms with E-state index in [1.54, 1.807) is 12.1 Å². The van der Waals surface area contributed by atoms with E-state index >= 15 is 0 Å². The van der Waals surface area contributed by atoms with Crippen molar-refractivity contribution in [3.8, 4) is 0 Å². The normalized spacial score (nSPS) is 14.1. The molecular weight excluding hydrogens is 266 g/mol. The van der Waals surface area contributed by atoms with Crippen LogP contribution >= 0.6 is 11.3 Å². The van der Waals surface area contributed by atoms with E-state index in [4.69, 9.17) is 5.73 Å². The van der Waals surface area contributed by atoms with Crippen LogP contribution in [0.1, 0.15) is 23.8 Å². The number of thiophene rings is 1. The molecule has 1 aromatic heterocycles. The molecule has 2 aromatic rings. The van der Waals surface area contributed by atoms with Crippen molar-refractivity contribution in [1.29, 1.82) is 0 Å². The molecule has 1 aromatic carbocycles. The predicted molar refractivity (Wildman–Crippen MR) is 64.0 cm³/mol. The molecule has 0 fully saturated rings. The summed E-state index contributed by atoms with van der Waals surface area (Å²) in [7, 11) is 0. The summed E-state index contributed by atoms with van der Waals surface area (Å²) < 4.78 is 49.9. The molecule has 18 heavy (non-hydrogen) atoms. The Balaban J connectivity index is 2.15. The molecule has 0 saturated heterocycles. The number of fused-ring (bicyclic) bond motifs is 1. The van der Waals surface area contributed by atoms with Gasteiger partial charge in [0.25, 0.3) is 0 Å². The summed E-state index contributed by atoms with van der Waals surface area (Å²) >= 11 is 1.24. The molecule has 0 aliphatic heterocycles. The van der Waals surface area contributed by atoms with E-state index in [-0.39, 0.29) is 12.2 Å². The lowest BCUT2D eigenvalue weighted by atomic mass is 10.1. The monoisotopic (exact) mass is 277 g/mol. The highest BCUT2D eigenvalue weighted by atomic mass is 32.1. The molecule has 0 amide bonds. The maximum Gasteiger partial charge on any atom is 0.389 e. The zero-order valence-electron chi connectivity index (χ0n) is 9.30. The van der Waals surface area contributed by atoms with Crippen molar-refractivity contribution in [3.05, 3.63) is 35.0 Å². The Morgan fingerprint density at radius 2 is 1.94 bits per heavy atom. The van der Waals surface area contributed by atoms with Crippen LogP contribution in [0.3, 0.4) is 0 Å². The fourth-order valence-corrected chi connectivity index (χ4v) is 2.80. The van der Waals surface area contributed by atoms with Gasteiger partial charge in [0.1, 0.15) is 5.82 Å². The van der Waals surface area contributed by atoms with Gasteiger partial charge in [0.05, 0.1) is 0 Å². The van der Waals surface area contributed by atoms with Crippen LogP contribution in [0.5, 0.6) is 0 Å². The molecule has 2 rings (SSSR count). The van der Waals surface area contributed by atoms with Crippen LogP contribution in [0.15, 0.2) is 24.3 Å². The highest BCUT2D eigenvalue weighted by Gasteiger charge is 2.28. The van der Waals surface area contributed by atoms with Crippen LogP contribution < -0.4 is 5.73 Å². The third-order valence-corrected chi connectivity index (χ3v) is 3.84. The summed E-state index contributed by atoms with van der Waals surface area (Å²) in [6, 6.07) is 5.34. The maximum atomic E-state index is 13.0. The first-order valence-corrected chi connectivity index (χ1v) is 6.18. The zero-order valence-corrected chi connectivity index (χ0v) is 10.1. The molecule has 1 nitrogen and oxygen atoms in total. The lowest BCUT2D eigenvalue weighted by Gasteiger charge is -2.11. The number of halogens is 4. The van der Waals surface area contributed by atoms with Gasteiger partial charge < -0.3 is 5.73 Å². The first-order chi connectivity index (χ1) is 8.35. The van der Waals surface area contributed by atoms with Gasteiger partial charge in [-0.1, -0.05) is 6.07 Å². The van der Waals surface area contributed by atoms with Crippen molar-refractivity contribution in [1.82, 2.24) is 0 Å². The van der Waals surface area contributed by atoms with Crippen molar-refractivity contribution in [2.75, 3.05) is 0 Å². The first kappa shape index (κ1) is 13.3. The van der Waals surface area contributed by atoms with Crippen LogP contribution in [-0.4, -0.2) is 6.18 Å². The Morgan fingerprint density at radius 1 is 1.22 bits per heavy atom. The second kappa shape index (κ2) is 4.85. The molecule has 6 heteroatoms. The van der Waals surface area contributed by atoms with E-state index in [1.807, 2.05) is 0 Å². The fraction of sp³-hybridized carbons (Fsp3) is 0.333. The summed E-state index contributed by atoms with van der Waals surface area (Å²) in [6.45, 7) is 0. The van der Waals surface area contributed by atoms with Crippen LogP contribution in [0.25, 0.3) is 10.1 Å². The molecule has 1 heterocycles. The Bertz CT molecular complexity index is 546. The van der Waals surface area contributed by atoms with Crippen LogP contribution in [0.2, 0.25) is 0 Å². The van der Waals surface area contributed by atoms with Crippen molar-refractivity contribution in [2.24, 2.45) is 5.73 Å². The largest absolute Gasteiger partial charge is 0.389 e. The Kier molecular flexibility index (Phi) is 3.59. The molecule has 2 N–H and O–H groups in total. The molecule has 0 aliphatic carbocycles. The number of alkyl halides is 3. The zero-order chi connectivity index (χ0) is 13.3. The fourth-order valence-electron chi connectivity index (χ4n) is 1.67. The third kappa shape index (κ3) is 3.20. The molecule has 98 valence electrons. The Morgan fingerprint density at radius 3 is 2.61 bits per heavy atom. The van der Waals surface area contributed by atoms with Crippen molar-refractivity contribution >= 4 is 21.4 Å². The number of hydrogen-bond donors (Lipinski definition) is 1. The quantitative estimate of drug-likeness (QED) is 0.828. The van der Waals surface area contributed by atoms with E-state index in [1.165, 1.54) is 23.5 Å².